The van der Waals surface area contributed by atoms with Crippen molar-refractivity contribution < 1.29 is 32.3 Å². The maximum atomic E-state index is 13.3. The molecule has 1 aliphatic carbocycles. The van der Waals surface area contributed by atoms with Crippen molar-refractivity contribution in [3.63, 3.8) is 0 Å². The third-order valence-corrected chi connectivity index (χ3v) is 5.49. The summed E-state index contributed by atoms with van der Waals surface area (Å²) >= 11 is 0. The minimum atomic E-state index is -4.81. The van der Waals surface area contributed by atoms with Crippen LogP contribution < -0.4 is 15.8 Å². The third kappa shape index (κ3) is 5.07. The van der Waals surface area contributed by atoms with Crippen molar-refractivity contribution in [1.82, 2.24) is 10.2 Å². The molecular formula is C20H21F3N4O4. The molecular weight excluding hydrogens is 417 g/mol. The molecule has 1 aromatic carbocycles. The normalized spacial score (nSPS) is 20.5. The Labute approximate surface area is 176 Å². The fraction of sp³-hybridized carbons (Fsp3) is 0.500. The van der Waals surface area contributed by atoms with Crippen molar-refractivity contribution in [1.29, 1.82) is 5.26 Å². The maximum absolute atomic E-state index is 13.3. The van der Waals surface area contributed by atoms with Gasteiger partial charge in [-0.15, -0.1) is 13.2 Å². The quantitative estimate of drug-likeness (QED) is 0.667. The fourth-order valence-electron chi connectivity index (χ4n) is 3.88. The van der Waals surface area contributed by atoms with Crippen LogP contribution in [0.3, 0.4) is 0 Å². The Hall–Kier alpha value is -3.29. The van der Waals surface area contributed by atoms with E-state index in [4.69, 9.17) is 11.0 Å². The van der Waals surface area contributed by atoms with Crippen LogP contribution in [0.4, 0.5) is 13.2 Å². The summed E-state index contributed by atoms with van der Waals surface area (Å²) in [5, 5.41) is 11.5. The van der Waals surface area contributed by atoms with Crippen LogP contribution in [0.2, 0.25) is 0 Å². The van der Waals surface area contributed by atoms with Crippen molar-refractivity contribution in [2.45, 2.75) is 56.0 Å². The number of ether oxygens (including phenoxy) is 1. The smallest absolute Gasteiger partial charge is 0.406 e. The number of likely N-dealkylation sites (tertiary alicyclic amines) is 1. The first-order chi connectivity index (χ1) is 14.6. The molecule has 2 fully saturated rings. The van der Waals surface area contributed by atoms with E-state index < -0.39 is 35.7 Å². The van der Waals surface area contributed by atoms with Gasteiger partial charge in [0, 0.05) is 6.54 Å². The number of halogens is 3. The molecule has 1 saturated carbocycles. The Morgan fingerprint density at radius 1 is 1.29 bits per heavy atom. The van der Waals surface area contributed by atoms with Crippen LogP contribution in [0.5, 0.6) is 5.75 Å². The zero-order valence-corrected chi connectivity index (χ0v) is 16.4. The van der Waals surface area contributed by atoms with E-state index in [0.717, 1.165) is 12.1 Å². The van der Waals surface area contributed by atoms with Crippen LogP contribution in [0.15, 0.2) is 24.3 Å². The van der Waals surface area contributed by atoms with Gasteiger partial charge in [0.1, 0.15) is 17.8 Å². The summed E-state index contributed by atoms with van der Waals surface area (Å²) in [6.07, 6.45) is -3.12. The second-order valence-electron chi connectivity index (χ2n) is 7.67. The van der Waals surface area contributed by atoms with Gasteiger partial charge in [-0.3, -0.25) is 14.4 Å². The number of nitrogens with two attached hydrogens (primary N) is 1. The molecule has 8 nitrogen and oxygen atoms in total. The molecule has 166 valence electrons. The summed E-state index contributed by atoms with van der Waals surface area (Å²) in [4.78, 5) is 38.4. The molecule has 0 spiro atoms. The Kier molecular flexibility index (Phi) is 6.10. The van der Waals surface area contributed by atoms with Gasteiger partial charge in [-0.25, -0.2) is 0 Å². The lowest BCUT2D eigenvalue weighted by Crippen LogP contribution is -2.51. The Bertz CT molecular complexity index is 906. The average molecular weight is 438 g/mol. The van der Waals surface area contributed by atoms with Crippen molar-refractivity contribution >= 4 is 17.7 Å². The molecule has 1 aromatic rings. The van der Waals surface area contributed by atoms with E-state index in [9.17, 15) is 27.6 Å². The minimum absolute atomic E-state index is 0.280. The molecule has 0 aromatic heterocycles. The molecule has 0 bridgehead atoms. The first-order valence-corrected chi connectivity index (χ1v) is 9.71. The van der Waals surface area contributed by atoms with E-state index in [-0.39, 0.29) is 18.1 Å². The summed E-state index contributed by atoms with van der Waals surface area (Å²) in [5.74, 6) is -1.93. The van der Waals surface area contributed by atoms with E-state index in [1.807, 2.05) is 0 Å². The number of hydrogen-bond acceptors (Lipinski definition) is 5. The Morgan fingerprint density at radius 2 is 1.94 bits per heavy atom. The van der Waals surface area contributed by atoms with E-state index in [0.29, 0.717) is 37.8 Å². The average Bonchev–Trinajstić information content (AvgIpc) is 3.34. The number of carbonyl (C=O) groups excluding carboxylic acids is 3. The standard InChI is InChI=1S/C20H21F3N4O4/c21-20(22,23)31-14-5-3-12(4-6-14)19(7-8-19)18(30)27-9-1-2-15(27)17(29)26-13(11-24)10-16(25)28/h3-6,13,15H,1-2,7-10H2,(H2,25,28)(H,26,29)/t13-,15-/m0/s1. The Morgan fingerprint density at radius 3 is 2.45 bits per heavy atom. The zero-order chi connectivity index (χ0) is 22.8. The molecule has 11 heteroatoms. The topological polar surface area (TPSA) is 126 Å². The highest BCUT2D eigenvalue weighted by atomic mass is 19.4. The zero-order valence-electron chi connectivity index (χ0n) is 16.4. The number of amides is 3. The van der Waals surface area contributed by atoms with Crippen LogP contribution in [0, 0.1) is 11.3 Å². The van der Waals surface area contributed by atoms with Gasteiger partial charge in [0.25, 0.3) is 0 Å². The van der Waals surface area contributed by atoms with Crippen LogP contribution in [-0.2, 0) is 19.8 Å². The monoisotopic (exact) mass is 438 g/mol. The molecule has 2 aliphatic rings. The van der Waals surface area contributed by atoms with Crippen molar-refractivity contribution in [3.8, 4) is 11.8 Å². The Balaban J connectivity index is 1.71. The minimum Gasteiger partial charge on any atom is -0.406 e. The molecule has 31 heavy (non-hydrogen) atoms. The SMILES string of the molecule is N#C[C@H](CC(N)=O)NC(=O)[C@@H]1CCCN1C(=O)C1(c2ccc(OC(F)(F)F)cc2)CC1. The first-order valence-electron chi connectivity index (χ1n) is 9.71. The highest BCUT2D eigenvalue weighted by molar-refractivity contribution is 5.96. The number of nitriles is 1. The number of alkyl halides is 3. The number of nitrogens with one attached hydrogen (secondary N) is 1. The van der Waals surface area contributed by atoms with Gasteiger partial charge in [-0.2, -0.15) is 5.26 Å². The highest BCUT2D eigenvalue weighted by Crippen LogP contribution is 2.50. The fourth-order valence-corrected chi connectivity index (χ4v) is 3.88. The lowest BCUT2D eigenvalue weighted by Gasteiger charge is -2.29. The van der Waals surface area contributed by atoms with Gasteiger partial charge in [0.15, 0.2) is 0 Å². The van der Waals surface area contributed by atoms with Gasteiger partial charge in [-0.1, -0.05) is 12.1 Å². The molecule has 2 atom stereocenters. The van der Waals surface area contributed by atoms with Crippen LogP contribution >= 0.6 is 0 Å². The molecule has 0 radical (unpaired) electrons. The van der Waals surface area contributed by atoms with Gasteiger partial charge in [0.05, 0.1) is 17.9 Å². The summed E-state index contributed by atoms with van der Waals surface area (Å²) < 4.78 is 40.9. The van der Waals surface area contributed by atoms with E-state index in [1.165, 1.54) is 17.0 Å². The lowest BCUT2D eigenvalue weighted by atomic mass is 9.93. The highest BCUT2D eigenvalue weighted by Gasteiger charge is 2.55. The number of nitrogens with zero attached hydrogens (tertiary/aromatic N) is 2. The van der Waals surface area contributed by atoms with Gasteiger partial charge in [-0.05, 0) is 43.4 Å². The molecule has 1 heterocycles. The van der Waals surface area contributed by atoms with E-state index >= 15 is 0 Å². The van der Waals surface area contributed by atoms with E-state index in [1.54, 1.807) is 6.07 Å². The summed E-state index contributed by atoms with van der Waals surface area (Å²) in [5.41, 5.74) is 4.74. The number of benzene rings is 1. The summed E-state index contributed by atoms with van der Waals surface area (Å²) in [6, 6.07) is 5.09. The molecule has 3 amide bonds. The van der Waals surface area contributed by atoms with Crippen LogP contribution in [-0.4, -0.2) is 47.6 Å². The van der Waals surface area contributed by atoms with E-state index in [2.05, 4.69) is 10.1 Å². The lowest BCUT2D eigenvalue weighted by molar-refractivity contribution is -0.274. The molecule has 1 aliphatic heterocycles. The maximum Gasteiger partial charge on any atom is 0.573 e. The predicted molar refractivity (Wildman–Crippen MR) is 100 cm³/mol. The first kappa shape index (κ1) is 22.4. The molecule has 1 saturated heterocycles. The number of carbonyl (C=O) groups is 3. The van der Waals surface area contributed by atoms with Crippen molar-refractivity contribution in [3.05, 3.63) is 29.8 Å². The number of primary amides is 1. The second kappa shape index (κ2) is 8.45. The van der Waals surface area contributed by atoms with Gasteiger partial charge < -0.3 is 20.7 Å². The number of rotatable bonds is 7. The third-order valence-electron chi connectivity index (χ3n) is 5.49. The molecule has 3 rings (SSSR count). The van der Waals surface area contributed by atoms with Crippen molar-refractivity contribution in [2.75, 3.05) is 6.54 Å². The van der Waals surface area contributed by atoms with Crippen molar-refractivity contribution in [2.24, 2.45) is 5.73 Å². The van der Waals surface area contributed by atoms with Gasteiger partial charge >= 0.3 is 6.36 Å². The number of hydrogen-bond donors (Lipinski definition) is 2. The van der Waals surface area contributed by atoms with Gasteiger partial charge in [0.2, 0.25) is 17.7 Å². The molecule has 3 N–H and O–H groups in total. The summed E-state index contributed by atoms with van der Waals surface area (Å²) in [7, 11) is 0. The van der Waals surface area contributed by atoms with Crippen LogP contribution in [0.25, 0.3) is 0 Å². The predicted octanol–water partition coefficient (Wildman–Crippen LogP) is 1.49. The summed E-state index contributed by atoms with van der Waals surface area (Å²) in [6.45, 7) is 0.348. The largest absolute Gasteiger partial charge is 0.573 e. The molecule has 0 unspecified atom stereocenters. The van der Waals surface area contributed by atoms with Crippen LogP contribution in [0.1, 0.15) is 37.7 Å². The second-order valence-corrected chi connectivity index (χ2v) is 7.67.